The van der Waals surface area contributed by atoms with Crippen LogP contribution in [0.5, 0.6) is 0 Å². The highest BCUT2D eigenvalue weighted by molar-refractivity contribution is 9.11. The van der Waals surface area contributed by atoms with Crippen LogP contribution in [-0.2, 0) is 10.0 Å². The van der Waals surface area contributed by atoms with Crippen molar-refractivity contribution < 1.29 is 8.42 Å². The second-order valence-corrected chi connectivity index (χ2v) is 8.06. The molecular formula is C9H14BrClN2O2S2. The van der Waals surface area contributed by atoms with E-state index in [1.165, 1.54) is 6.07 Å². The highest BCUT2D eigenvalue weighted by atomic mass is 79.9. The lowest BCUT2D eigenvalue weighted by Gasteiger charge is -2.04. The molecule has 17 heavy (non-hydrogen) atoms. The Bertz CT molecular complexity index is 442. The molecule has 98 valence electrons. The van der Waals surface area contributed by atoms with Crippen molar-refractivity contribution in [3.8, 4) is 0 Å². The molecule has 2 N–H and O–H groups in total. The highest BCUT2D eigenvalue weighted by Crippen LogP contribution is 2.34. The third-order valence-electron chi connectivity index (χ3n) is 1.96. The molecule has 0 aromatic carbocycles. The first-order valence-electron chi connectivity index (χ1n) is 5.12. The van der Waals surface area contributed by atoms with E-state index in [4.69, 9.17) is 11.6 Å². The molecule has 0 saturated carbocycles. The van der Waals surface area contributed by atoms with Gasteiger partial charge in [-0.05, 0) is 41.5 Å². The van der Waals surface area contributed by atoms with E-state index in [2.05, 4.69) is 26.0 Å². The average molecular weight is 362 g/mol. The Morgan fingerprint density at radius 2 is 2.18 bits per heavy atom. The van der Waals surface area contributed by atoms with Gasteiger partial charge in [0.05, 0.1) is 8.81 Å². The Kier molecular flexibility index (Phi) is 6.39. The number of hydrogen-bond acceptors (Lipinski definition) is 4. The van der Waals surface area contributed by atoms with E-state index in [1.807, 2.05) is 6.92 Å². The van der Waals surface area contributed by atoms with Crippen LogP contribution in [-0.4, -0.2) is 28.1 Å². The second-order valence-electron chi connectivity index (χ2n) is 3.29. The molecule has 0 unspecified atom stereocenters. The molecule has 0 aliphatic carbocycles. The fraction of sp³-hybridized carbons (Fsp3) is 0.556. The van der Waals surface area contributed by atoms with Gasteiger partial charge in [-0.2, -0.15) is 0 Å². The van der Waals surface area contributed by atoms with Crippen LogP contribution in [0.15, 0.2) is 14.1 Å². The first kappa shape index (κ1) is 15.4. The van der Waals surface area contributed by atoms with Crippen molar-refractivity contribution in [3.63, 3.8) is 0 Å². The molecule has 0 aliphatic rings. The summed E-state index contributed by atoms with van der Waals surface area (Å²) in [4.78, 5) is 0. The van der Waals surface area contributed by atoms with Crippen molar-refractivity contribution >= 4 is 48.9 Å². The zero-order chi connectivity index (χ0) is 12.9. The molecule has 0 aliphatic heterocycles. The number of thiophene rings is 1. The van der Waals surface area contributed by atoms with Crippen LogP contribution >= 0.6 is 38.9 Å². The van der Waals surface area contributed by atoms with Gasteiger partial charge in [0.25, 0.3) is 0 Å². The molecule has 0 atom stereocenters. The molecular weight excluding hydrogens is 348 g/mol. The van der Waals surface area contributed by atoms with Crippen molar-refractivity contribution in [1.29, 1.82) is 0 Å². The number of sulfonamides is 1. The minimum atomic E-state index is -3.42. The Morgan fingerprint density at radius 3 is 2.71 bits per heavy atom. The van der Waals surface area contributed by atoms with E-state index in [9.17, 15) is 8.42 Å². The summed E-state index contributed by atoms with van der Waals surface area (Å²) in [5.74, 6) is 0. The summed E-state index contributed by atoms with van der Waals surface area (Å²) < 4.78 is 27.1. The quantitative estimate of drug-likeness (QED) is 0.733. The SMILES string of the molecule is CCNCCCNS(=O)(=O)c1cc(Cl)c(Br)s1. The normalized spacial score (nSPS) is 11.9. The molecule has 1 aromatic heterocycles. The zero-order valence-corrected chi connectivity index (χ0v) is 13.3. The molecule has 1 aromatic rings. The standard InChI is InChI=1S/C9H14BrClN2O2S2/c1-2-12-4-3-5-13-17(14,15)8-6-7(11)9(10)16-8/h6,12-13H,2-5H2,1H3. The van der Waals surface area contributed by atoms with Crippen molar-refractivity contribution in [1.82, 2.24) is 10.0 Å². The summed E-state index contributed by atoms with van der Waals surface area (Å²) in [6.45, 7) is 4.12. The minimum absolute atomic E-state index is 0.234. The molecule has 0 saturated heterocycles. The van der Waals surface area contributed by atoms with Gasteiger partial charge in [0.1, 0.15) is 4.21 Å². The Morgan fingerprint density at radius 1 is 1.47 bits per heavy atom. The molecule has 1 heterocycles. The van der Waals surface area contributed by atoms with Crippen molar-refractivity contribution in [3.05, 3.63) is 14.9 Å². The summed E-state index contributed by atoms with van der Waals surface area (Å²) in [5.41, 5.74) is 0. The first-order chi connectivity index (χ1) is 7.97. The van der Waals surface area contributed by atoms with Gasteiger partial charge in [-0.25, -0.2) is 13.1 Å². The molecule has 8 heteroatoms. The fourth-order valence-corrected chi connectivity index (χ4v) is 4.64. The molecule has 0 radical (unpaired) electrons. The topological polar surface area (TPSA) is 58.2 Å². The largest absolute Gasteiger partial charge is 0.317 e. The van der Waals surface area contributed by atoms with Gasteiger partial charge in [0.15, 0.2) is 0 Å². The van der Waals surface area contributed by atoms with Gasteiger partial charge in [-0.15, -0.1) is 11.3 Å². The van der Waals surface area contributed by atoms with E-state index in [0.717, 1.165) is 30.8 Å². The van der Waals surface area contributed by atoms with Gasteiger partial charge in [0, 0.05) is 6.54 Å². The maximum Gasteiger partial charge on any atom is 0.250 e. The van der Waals surface area contributed by atoms with Crippen LogP contribution in [0.1, 0.15) is 13.3 Å². The Labute approximate surface area is 119 Å². The lowest BCUT2D eigenvalue weighted by molar-refractivity contribution is 0.577. The first-order valence-corrected chi connectivity index (χ1v) is 8.59. The predicted molar refractivity (Wildman–Crippen MR) is 75.4 cm³/mol. The smallest absolute Gasteiger partial charge is 0.250 e. The molecule has 0 amide bonds. The Hall–Kier alpha value is 0.340. The van der Waals surface area contributed by atoms with Crippen molar-refractivity contribution in [2.75, 3.05) is 19.6 Å². The van der Waals surface area contributed by atoms with E-state index in [0.29, 0.717) is 15.4 Å². The van der Waals surface area contributed by atoms with E-state index in [-0.39, 0.29) is 4.21 Å². The van der Waals surface area contributed by atoms with Gasteiger partial charge in [0.2, 0.25) is 10.0 Å². The number of halogens is 2. The van der Waals surface area contributed by atoms with Crippen LogP contribution in [0.2, 0.25) is 5.02 Å². The number of nitrogens with one attached hydrogen (secondary N) is 2. The van der Waals surface area contributed by atoms with Crippen LogP contribution < -0.4 is 10.0 Å². The van der Waals surface area contributed by atoms with Gasteiger partial charge in [-0.1, -0.05) is 18.5 Å². The van der Waals surface area contributed by atoms with E-state index in [1.54, 1.807) is 0 Å². The van der Waals surface area contributed by atoms with Crippen LogP contribution in [0.4, 0.5) is 0 Å². The van der Waals surface area contributed by atoms with Gasteiger partial charge < -0.3 is 5.32 Å². The molecule has 1 rings (SSSR count). The molecule has 4 nitrogen and oxygen atoms in total. The summed E-state index contributed by atoms with van der Waals surface area (Å²) in [7, 11) is -3.42. The van der Waals surface area contributed by atoms with Gasteiger partial charge >= 0.3 is 0 Å². The minimum Gasteiger partial charge on any atom is -0.317 e. The van der Waals surface area contributed by atoms with Crippen LogP contribution in [0, 0.1) is 0 Å². The zero-order valence-electron chi connectivity index (χ0n) is 9.29. The number of rotatable bonds is 7. The maximum atomic E-state index is 11.8. The van der Waals surface area contributed by atoms with Crippen molar-refractivity contribution in [2.45, 2.75) is 17.6 Å². The molecule has 0 fully saturated rings. The summed E-state index contributed by atoms with van der Waals surface area (Å²) in [6, 6.07) is 1.45. The Balaban J connectivity index is 2.51. The summed E-state index contributed by atoms with van der Waals surface area (Å²) in [6.07, 6.45) is 0.757. The van der Waals surface area contributed by atoms with E-state index >= 15 is 0 Å². The van der Waals surface area contributed by atoms with Crippen LogP contribution in [0.3, 0.4) is 0 Å². The lowest BCUT2D eigenvalue weighted by Crippen LogP contribution is -2.26. The summed E-state index contributed by atoms with van der Waals surface area (Å²) in [5, 5.41) is 3.55. The number of hydrogen-bond donors (Lipinski definition) is 2. The third-order valence-corrected chi connectivity index (χ3v) is 6.37. The predicted octanol–water partition coefficient (Wildman–Crippen LogP) is 2.44. The van der Waals surface area contributed by atoms with Crippen molar-refractivity contribution in [2.24, 2.45) is 0 Å². The monoisotopic (exact) mass is 360 g/mol. The lowest BCUT2D eigenvalue weighted by atomic mass is 10.4. The average Bonchev–Trinajstić information content (AvgIpc) is 2.60. The fourth-order valence-electron chi connectivity index (χ4n) is 1.13. The van der Waals surface area contributed by atoms with Crippen LogP contribution in [0.25, 0.3) is 0 Å². The summed E-state index contributed by atoms with van der Waals surface area (Å²) >= 11 is 10.1. The third kappa shape index (κ3) is 4.84. The second kappa shape index (κ2) is 7.06. The maximum absolute atomic E-state index is 11.8. The molecule has 0 bridgehead atoms. The molecule has 0 spiro atoms. The highest BCUT2D eigenvalue weighted by Gasteiger charge is 2.18. The van der Waals surface area contributed by atoms with E-state index < -0.39 is 10.0 Å². The van der Waals surface area contributed by atoms with Gasteiger partial charge in [-0.3, -0.25) is 0 Å².